The van der Waals surface area contributed by atoms with Crippen molar-refractivity contribution >= 4 is 23.5 Å². The first-order valence-corrected chi connectivity index (χ1v) is 6.71. The Morgan fingerprint density at radius 2 is 2.10 bits per heavy atom. The number of nitrogens with one attached hydrogen (secondary N) is 1. The molecule has 0 aliphatic carbocycles. The van der Waals surface area contributed by atoms with Crippen LogP contribution in [0.15, 0.2) is 24.3 Å². The summed E-state index contributed by atoms with van der Waals surface area (Å²) in [6.45, 7) is 0.343. The highest BCUT2D eigenvalue weighted by Crippen LogP contribution is 2.21. The Morgan fingerprint density at radius 3 is 2.65 bits per heavy atom. The van der Waals surface area contributed by atoms with Crippen LogP contribution in [0.5, 0.6) is 0 Å². The molecule has 0 bridgehead atoms. The van der Waals surface area contributed by atoms with Crippen LogP contribution in [-0.2, 0) is 9.59 Å². The Morgan fingerprint density at radius 1 is 1.40 bits per heavy atom. The number of carbonyl (C=O) groups excluding carboxylic acids is 1. The molecule has 1 atom stereocenters. The molecule has 0 heterocycles. The number of aliphatic carboxylic acids is 1. The number of hydrogen-bond acceptors (Lipinski definition) is 3. The van der Waals surface area contributed by atoms with Gasteiger partial charge in [-0.05, 0) is 38.2 Å². The molecule has 5 nitrogen and oxygen atoms in total. The number of carboxylic acids is 1. The summed E-state index contributed by atoms with van der Waals surface area (Å²) in [7, 11) is 3.62. The molecule has 2 N–H and O–H groups in total. The minimum absolute atomic E-state index is 0.0457. The SMILES string of the molecule is CN(C)C(C(=O)NCCCC(=O)O)c1cccc(Cl)c1. The fourth-order valence-electron chi connectivity index (χ4n) is 1.91. The Bertz CT molecular complexity index is 477. The number of hydrogen-bond donors (Lipinski definition) is 2. The molecule has 0 saturated carbocycles. The quantitative estimate of drug-likeness (QED) is 0.755. The lowest BCUT2D eigenvalue weighted by Gasteiger charge is -2.24. The lowest BCUT2D eigenvalue weighted by atomic mass is 10.1. The predicted octanol–water partition coefficient (Wildman–Crippen LogP) is 1.92. The van der Waals surface area contributed by atoms with Crippen LogP contribution in [0, 0.1) is 0 Å². The zero-order chi connectivity index (χ0) is 15.1. The van der Waals surface area contributed by atoms with Gasteiger partial charge in [0.1, 0.15) is 6.04 Å². The van der Waals surface area contributed by atoms with Crippen molar-refractivity contribution in [1.82, 2.24) is 10.2 Å². The van der Waals surface area contributed by atoms with Gasteiger partial charge in [0.25, 0.3) is 0 Å². The van der Waals surface area contributed by atoms with E-state index in [1.807, 2.05) is 20.2 Å². The van der Waals surface area contributed by atoms with Crippen LogP contribution < -0.4 is 5.32 Å². The number of carboxylic acid groups (broad SMARTS) is 1. The van der Waals surface area contributed by atoms with Gasteiger partial charge in [-0.25, -0.2) is 0 Å². The first kappa shape index (κ1) is 16.5. The third-order valence-electron chi connectivity index (χ3n) is 2.80. The van der Waals surface area contributed by atoms with E-state index in [0.717, 1.165) is 5.56 Å². The van der Waals surface area contributed by atoms with Crippen LogP contribution in [0.2, 0.25) is 5.02 Å². The second-order valence-corrected chi connectivity index (χ2v) is 5.15. The number of halogens is 1. The molecule has 0 aromatic heterocycles. The highest BCUT2D eigenvalue weighted by Gasteiger charge is 2.22. The summed E-state index contributed by atoms with van der Waals surface area (Å²) in [6, 6.07) is 6.70. The smallest absolute Gasteiger partial charge is 0.303 e. The van der Waals surface area contributed by atoms with Gasteiger partial charge in [0.05, 0.1) is 0 Å². The van der Waals surface area contributed by atoms with E-state index in [1.54, 1.807) is 23.1 Å². The first-order valence-electron chi connectivity index (χ1n) is 6.33. The zero-order valence-electron chi connectivity index (χ0n) is 11.6. The van der Waals surface area contributed by atoms with E-state index in [-0.39, 0.29) is 12.3 Å². The molecule has 0 saturated heterocycles. The van der Waals surface area contributed by atoms with Gasteiger partial charge >= 0.3 is 5.97 Å². The monoisotopic (exact) mass is 298 g/mol. The van der Waals surface area contributed by atoms with E-state index in [4.69, 9.17) is 16.7 Å². The van der Waals surface area contributed by atoms with Gasteiger partial charge in [-0.2, -0.15) is 0 Å². The number of likely N-dealkylation sites (N-methyl/N-ethyl adjacent to an activating group) is 1. The number of nitrogens with zero attached hydrogens (tertiary/aromatic N) is 1. The highest BCUT2D eigenvalue weighted by atomic mass is 35.5. The average molecular weight is 299 g/mol. The fraction of sp³-hybridized carbons (Fsp3) is 0.429. The molecular weight excluding hydrogens is 280 g/mol. The van der Waals surface area contributed by atoms with Crippen molar-refractivity contribution in [2.45, 2.75) is 18.9 Å². The molecule has 0 spiro atoms. The van der Waals surface area contributed by atoms with Gasteiger partial charge in [0.15, 0.2) is 0 Å². The van der Waals surface area contributed by atoms with Crippen molar-refractivity contribution in [2.24, 2.45) is 0 Å². The van der Waals surface area contributed by atoms with Crippen molar-refractivity contribution in [2.75, 3.05) is 20.6 Å². The molecule has 0 fully saturated rings. The second-order valence-electron chi connectivity index (χ2n) is 4.71. The number of benzene rings is 1. The first-order chi connectivity index (χ1) is 9.41. The van der Waals surface area contributed by atoms with Crippen molar-refractivity contribution < 1.29 is 14.7 Å². The molecule has 110 valence electrons. The molecule has 0 aliphatic rings. The van der Waals surface area contributed by atoms with E-state index in [9.17, 15) is 9.59 Å². The van der Waals surface area contributed by atoms with Crippen molar-refractivity contribution in [3.05, 3.63) is 34.9 Å². The summed E-state index contributed by atoms with van der Waals surface area (Å²) in [4.78, 5) is 24.4. The predicted molar refractivity (Wildman–Crippen MR) is 77.8 cm³/mol. The van der Waals surface area contributed by atoms with Crippen LogP contribution in [-0.4, -0.2) is 42.5 Å². The Labute approximate surface area is 123 Å². The van der Waals surface area contributed by atoms with Gasteiger partial charge in [-0.15, -0.1) is 0 Å². The molecule has 6 heteroatoms. The van der Waals surface area contributed by atoms with Crippen molar-refractivity contribution in [1.29, 1.82) is 0 Å². The van der Waals surface area contributed by atoms with Gasteiger partial charge in [-0.1, -0.05) is 23.7 Å². The van der Waals surface area contributed by atoms with E-state index >= 15 is 0 Å². The lowest BCUT2D eigenvalue weighted by molar-refractivity contribution is -0.137. The molecule has 0 radical (unpaired) electrons. The molecule has 1 rings (SSSR count). The lowest BCUT2D eigenvalue weighted by Crippen LogP contribution is -2.37. The molecule has 20 heavy (non-hydrogen) atoms. The maximum Gasteiger partial charge on any atom is 0.303 e. The van der Waals surface area contributed by atoms with Gasteiger partial charge in [0.2, 0.25) is 5.91 Å². The van der Waals surface area contributed by atoms with Crippen molar-refractivity contribution in [3.8, 4) is 0 Å². The molecule has 1 amide bonds. The number of carbonyl (C=O) groups is 2. The van der Waals surface area contributed by atoms with E-state index in [1.165, 1.54) is 0 Å². The van der Waals surface area contributed by atoms with Crippen LogP contribution in [0.4, 0.5) is 0 Å². The topological polar surface area (TPSA) is 69.6 Å². The third-order valence-corrected chi connectivity index (χ3v) is 3.03. The third kappa shape index (κ3) is 5.19. The number of rotatable bonds is 7. The van der Waals surface area contributed by atoms with Gasteiger partial charge in [0, 0.05) is 18.0 Å². The van der Waals surface area contributed by atoms with Gasteiger partial charge in [-0.3, -0.25) is 14.5 Å². The van der Waals surface area contributed by atoms with Crippen molar-refractivity contribution in [3.63, 3.8) is 0 Å². The Balaban J connectivity index is 2.66. The van der Waals surface area contributed by atoms with E-state index in [0.29, 0.717) is 18.0 Å². The second kappa shape index (κ2) is 7.87. The maximum atomic E-state index is 12.2. The average Bonchev–Trinajstić information content (AvgIpc) is 2.34. The van der Waals surface area contributed by atoms with Gasteiger partial charge < -0.3 is 10.4 Å². The van der Waals surface area contributed by atoms with Crippen LogP contribution >= 0.6 is 11.6 Å². The number of amides is 1. The molecule has 0 aliphatic heterocycles. The molecule has 1 aromatic rings. The van der Waals surface area contributed by atoms with Crippen LogP contribution in [0.25, 0.3) is 0 Å². The summed E-state index contributed by atoms with van der Waals surface area (Å²) in [5, 5.41) is 11.9. The summed E-state index contributed by atoms with van der Waals surface area (Å²) < 4.78 is 0. The molecular formula is C14H19ClN2O3. The van der Waals surface area contributed by atoms with Crippen LogP contribution in [0.3, 0.4) is 0 Å². The standard InChI is InChI=1S/C14H19ClN2O3/c1-17(2)13(10-5-3-6-11(15)9-10)14(20)16-8-4-7-12(18)19/h3,5-6,9,13H,4,7-8H2,1-2H3,(H,16,20)(H,18,19). The highest BCUT2D eigenvalue weighted by molar-refractivity contribution is 6.30. The zero-order valence-corrected chi connectivity index (χ0v) is 12.4. The maximum absolute atomic E-state index is 12.2. The fourth-order valence-corrected chi connectivity index (χ4v) is 2.11. The summed E-state index contributed by atoms with van der Waals surface area (Å²) in [5.41, 5.74) is 0.804. The Hall–Kier alpha value is -1.59. The normalized spacial score (nSPS) is 12.2. The minimum Gasteiger partial charge on any atom is -0.481 e. The summed E-state index contributed by atoms with van der Waals surface area (Å²) in [6.07, 6.45) is 0.459. The Kier molecular flexibility index (Phi) is 6.48. The summed E-state index contributed by atoms with van der Waals surface area (Å²) >= 11 is 5.94. The van der Waals surface area contributed by atoms with E-state index in [2.05, 4.69) is 5.32 Å². The minimum atomic E-state index is -0.863. The largest absolute Gasteiger partial charge is 0.481 e. The molecule has 1 aromatic carbocycles. The van der Waals surface area contributed by atoms with E-state index < -0.39 is 12.0 Å². The van der Waals surface area contributed by atoms with Crippen LogP contribution in [0.1, 0.15) is 24.4 Å². The summed E-state index contributed by atoms with van der Waals surface area (Å²) in [5.74, 6) is -1.03. The molecule has 1 unspecified atom stereocenters.